The molecule has 6 heavy (non-hydrogen) atoms. The van der Waals surface area contributed by atoms with Gasteiger partial charge in [0.15, 0.2) is 17.4 Å². The predicted molar refractivity (Wildman–Crippen MR) is 34.2 cm³/mol. The molecule has 2 nitrogen and oxygen atoms in total. The number of hydrogen-bond donors (Lipinski definition) is 0. The van der Waals surface area contributed by atoms with Gasteiger partial charge in [-0.05, 0) is 0 Å². The summed E-state index contributed by atoms with van der Waals surface area (Å²) >= 11 is -0.200. The Bertz CT molecular complexity index is 13.5. The third-order valence-corrected chi connectivity index (χ3v) is 0. The van der Waals surface area contributed by atoms with Gasteiger partial charge in [0.05, 0.1) is 0 Å². The molecule has 0 amide bonds. The van der Waals surface area contributed by atoms with E-state index in [9.17, 15) is 0 Å². The van der Waals surface area contributed by atoms with E-state index in [1.54, 1.807) is 0 Å². The van der Waals surface area contributed by atoms with Gasteiger partial charge in [0, 0.05) is 0 Å². The van der Waals surface area contributed by atoms with E-state index in [0.29, 0.717) is 0 Å². The standard InChI is InChI=1S/Al.2In.2O.Sn.7H. The second-order valence-corrected chi connectivity index (χ2v) is 0. The molecule has 32 valence electrons. The third kappa shape index (κ3) is 30.1. The molecule has 0 aliphatic rings. The number of hydrogen-bond acceptors (Lipinski definition) is 2. The van der Waals surface area contributed by atoms with Crippen molar-refractivity contribution >= 4 is 90.0 Å². The molecule has 0 fully saturated rings. The van der Waals surface area contributed by atoms with Crippen LogP contribution in [0.15, 0.2) is 0 Å². The number of rotatable bonds is 0. The first-order valence-corrected chi connectivity index (χ1v) is 3.87. The van der Waals surface area contributed by atoms with Gasteiger partial charge in [0.1, 0.15) is 0 Å². The van der Waals surface area contributed by atoms with Gasteiger partial charge >= 0.3 is 78.4 Å². The van der Waals surface area contributed by atoms with Crippen LogP contribution in [0.4, 0.5) is 0 Å². The van der Waals surface area contributed by atoms with E-state index in [0.717, 1.165) is 0 Å². The van der Waals surface area contributed by atoms with E-state index in [2.05, 4.69) is 0 Å². The fourth-order valence-corrected chi connectivity index (χ4v) is 0. The van der Waals surface area contributed by atoms with Gasteiger partial charge in [-0.15, -0.1) is 0 Å². The van der Waals surface area contributed by atoms with Crippen LogP contribution < -0.4 is 0 Å². The van der Waals surface area contributed by atoms with Crippen molar-refractivity contribution in [2.45, 2.75) is 0 Å². The first kappa shape index (κ1) is 23.4. The molecular weight excluding hydrogens is 407 g/mol. The van der Waals surface area contributed by atoms with Crippen molar-refractivity contribution in [2.24, 2.45) is 0 Å². The molecule has 6 heteroatoms. The summed E-state index contributed by atoms with van der Waals surface area (Å²) in [5.41, 5.74) is 0. The predicted octanol–water partition coefficient (Wildman–Crippen LogP) is -3.63. The van der Waals surface area contributed by atoms with Gasteiger partial charge in [-0.25, -0.2) is 0 Å². The van der Waals surface area contributed by atoms with E-state index in [1.807, 2.05) is 0 Å². The quantitative estimate of drug-likeness (QED) is 0.384. The van der Waals surface area contributed by atoms with E-state index < -0.39 is 0 Å². The zero-order valence-corrected chi connectivity index (χ0v) is 15.0. The summed E-state index contributed by atoms with van der Waals surface area (Å²) in [6.07, 6.45) is 0. The molecule has 0 aromatic heterocycles. The normalized spacial score (nSPS) is 1.00. The van der Waals surface area contributed by atoms with E-state index in [1.165, 1.54) is 0 Å². The Morgan fingerprint density at radius 2 is 0.833 bits per heavy atom. The van der Waals surface area contributed by atoms with Crippen molar-refractivity contribution < 1.29 is 5.71 Å². The second kappa shape index (κ2) is 47.8. The third-order valence-electron chi connectivity index (χ3n) is 0. The van der Waals surface area contributed by atoms with Crippen molar-refractivity contribution in [2.75, 3.05) is 0 Å². The topological polar surface area (TPSA) is 34.1 Å². The molecule has 0 unspecified atom stereocenters. The molecule has 0 saturated heterocycles. The maximum absolute atomic E-state index is 8.42. The van der Waals surface area contributed by atoms with Crippen LogP contribution in [0.2, 0.25) is 0 Å². The average molecular weight is 414 g/mol. The van der Waals surface area contributed by atoms with Gasteiger partial charge in [-0.3, -0.25) is 0 Å². The summed E-state index contributed by atoms with van der Waals surface area (Å²) in [5.74, 6) is 0. The van der Waals surface area contributed by atoms with E-state index in [4.69, 9.17) is 5.71 Å². The molecule has 0 saturated carbocycles. The van der Waals surface area contributed by atoms with Crippen LogP contribution >= 0.6 is 0 Å². The van der Waals surface area contributed by atoms with Gasteiger partial charge in [0.2, 0.25) is 0 Å². The van der Waals surface area contributed by atoms with Crippen molar-refractivity contribution in [3.63, 3.8) is 0 Å². The second-order valence-electron chi connectivity index (χ2n) is 0. The van der Waals surface area contributed by atoms with Crippen LogP contribution in [0.3, 0.4) is 0 Å². The summed E-state index contributed by atoms with van der Waals surface area (Å²) in [5, 5.41) is 0. The fraction of sp³-hybridized carbons (Fsp3) is 0. The Balaban J connectivity index is -0.00000000500. The van der Waals surface area contributed by atoms with Crippen LogP contribution in [0.1, 0.15) is 0 Å². The minimum absolute atomic E-state index is 0. The average Bonchev–Trinajstić information content (AvgIpc) is 1.50. The van der Waals surface area contributed by atoms with E-state index in [-0.39, 0.29) is 90.0 Å². The van der Waals surface area contributed by atoms with Crippen molar-refractivity contribution in [3.05, 3.63) is 0 Å². The Hall–Kier alpha value is 2.67. The van der Waals surface area contributed by atoms with Gasteiger partial charge < -0.3 is 0 Å². The molecule has 0 aromatic rings. The van der Waals surface area contributed by atoms with Crippen LogP contribution in [-0.4, -0.2) is 90.0 Å². The van der Waals surface area contributed by atoms with Crippen LogP contribution in [0, 0.1) is 0 Å². The zero-order valence-electron chi connectivity index (χ0n) is 2.94. The molecule has 0 heterocycles. The molecule has 0 atom stereocenters. The first-order chi connectivity index (χ1) is 2.00. The van der Waals surface area contributed by atoms with E-state index >= 15 is 0 Å². The molecule has 0 aliphatic carbocycles. The summed E-state index contributed by atoms with van der Waals surface area (Å²) in [4.78, 5) is 0. The summed E-state index contributed by atoms with van der Waals surface area (Å²) in [7, 11) is 0. The molecular formula is H7AlIn2O2Sn. The Labute approximate surface area is 93.9 Å². The fourth-order valence-electron chi connectivity index (χ4n) is 0. The summed E-state index contributed by atoms with van der Waals surface area (Å²) in [6, 6.07) is 0. The molecule has 0 bridgehead atoms. The summed E-state index contributed by atoms with van der Waals surface area (Å²) < 4.78 is 16.8. The minimum atomic E-state index is -0.1000. The Morgan fingerprint density at radius 3 is 0.833 bits per heavy atom. The van der Waals surface area contributed by atoms with Crippen molar-refractivity contribution in [1.29, 1.82) is 0 Å². The van der Waals surface area contributed by atoms with Crippen LogP contribution in [-0.2, 0) is 5.71 Å². The molecule has 0 aliphatic heterocycles. The maximum atomic E-state index is 8.42. The molecule has 0 aromatic carbocycles. The summed E-state index contributed by atoms with van der Waals surface area (Å²) in [6.45, 7) is 0. The molecule has 2 radical (unpaired) electrons. The Morgan fingerprint density at radius 1 is 0.833 bits per heavy atom. The Kier molecular flexibility index (Phi) is 186. The van der Waals surface area contributed by atoms with Gasteiger partial charge in [0.25, 0.3) is 0 Å². The molecule has 0 rings (SSSR count). The van der Waals surface area contributed by atoms with Gasteiger partial charge in [-0.1, -0.05) is 0 Å². The van der Waals surface area contributed by atoms with Crippen molar-refractivity contribution in [3.8, 4) is 0 Å². The van der Waals surface area contributed by atoms with Crippen LogP contribution in [0.5, 0.6) is 0 Å². The SMILES string of the molecule is [AlH3].[O]=[InH].[O]=[InH].[SnH2]. The van der Waals surface area contributed by atoms with Crippen LogP contribution in [0.25, 0.3) is 0 Å². The molecule has 0 N–H and O–H groups in total. The zero-order chi connectivity index (χ0) is 4.00. The van der Waals surface area contributed by atoms with Gasteiger partial charge in [-0.2, -0.15) is 0 Å². The van der Waals surface area contributed by atoms with Crippen molar-refractivity contribution in [1.82, 2.24) is 0 Å². The molecule has 0 spiro atoms. The monoisotopic (exact) mass is 416 g/mol. The first-order valence-electron chi connectivity index (χ1n) is 0.577.